The molecule has 19 heavy (non-hydrogen) atoms. The highest BCUT2D eigenvalue weighted by Crippen LogP contribution is 2.22. The van der Waals surface area contributed by atoms with Crippen molar-refractivity contribution in [2.24, 2.45) is 0 Å². The molecule has 0 aliphatic rings. The van der Waals surface area contributed by atoms with Crippen LogP contribution in [0.25, 0.3) is 0 Å². The van der Waals surface area contributed by atoms with E-state index < -0.39 is 5.97 Å². The molecule has 100 valence electrons. The van der Waals surface area contributed by atoms with Crippen LogP contribution < -0.4 is 5.32 Å². The Kier molecular flexibility index (Phi) is 4.12. The van der Waals surface area contributed by atoms with Gasteiger partial charge in [0.25, 0.3) is 0 Å². The van der Waals surface area contributed by atoms with Crippen LogP contribution in [0.5, 0.6) is 0 Å². The summed E-state index contributed by atoms with van der Waals surface area (Å²) in [5, 5.41) is 12.7. The number of carbonyl (C=O) groups is 1. The van der Waals surface area contributed by atoms with E-state index in [1.807, 2.05) is 19.1 Å². The first-order chi connectivity index (χ1) is 9.06. The van der Waals surface area contributed by atoms with Crippen molar-refractivity contribution in [2.75, 3.05) is 5.32 Å². The van der Waals surface area contributed by atoms with E-state index in [0.717, 1.165) is 5.76 Å². The molecule has 0 spiro atoms. The summed E-state index contributed by atoms with van der Waals surface area (Å²) in [6.45, 7) is 1.96. The predicted octanol–water partition coefficient (Wildman–Crippen LogP) is 3.67. The van der Waals surface area contributed by atoms with Crippen molar-refractivity contribution in [2.45, 2.75) is 19.4 Å². The van der Waals surface area contributed by atoms with E-state index in [0.29, 0.717) is 17.1 Å². The Balaban J connectivity index is 2.12. The Bertz CT molecular complexity index is 566. The maximum atomic E-state index is 11.2. The van der Waals surface area contributed by atoms with Crippen LogP contribution in [0.1, 0.15) is 23.0 Å². The number of carboxylic acid groups (broad SMARTS) is 1. The molecular formula is C14H14ClNO3. The third kappa shape index (κ3) is 3.51. The Morgan fingerprint density at radius 1 is 1.47 bits per heavy atom. The molecule has 2 N–H and O–H groups in total. The summed E-state index contributed by atoms with van der Waals surface area (Å²) in [5.74, 6) is -0.152. The van der Waals surface area contributed by atoms with E-state index in [9.17, 15) is 4.79 Å². The molecule has 0 bridgehead atoms. The molecule has 0 saturated heterocycles. The molecule has 1 heterocycles. The zero-order valence-corrected chi connectivity index (χ0v) is 11.1. The average Bonchev–Trinajstić information content (AvgIpc) is 2.83. The Morgan fingerprint density at radius 2 is 2.26 bits per heavy atom. The first-order valence-corrected chi connectivity index (χ1v) is 6.26. The highest BCUT2D eigenvalue weighted by Gasteiger charge is 2.13. The van der Waals surface area contributed by atoms with Gasteiger partial charge in [-0.05, 0) is 37.3 Å². The molecule has 0 radical (unpaired) electrons. The second-order valence-electron chi connectivity index (χ2n) is 4.32. The van der Waals surface area contributed by atoms with Gasteiger partial charge in [-0.3, -0.25) is 0 Å². The highest BCUT2D eigenvalue weighted by atomic mass is 35.5. The Hall–Kier alpha value is -1.94. The van der Waals surface area contributed by atoms with Crippen LogP contribution in [0.3, 0.4) is 0 Å². The number of halogens is 1. The van der Waals surface area contributed by atoms with Crippen LogP contribution in [0, 0.1) is 0 Å². The lowest BCUT2D eigenvalue weighted by Gasteiger charge is -2.16. The van der Waals surface area contributed by atoms with E-state index in [1.54, 1.807) is 18.4 Å². The van der Waals surface area contributed by atoms with Gasteiger partial charge in [0, 0.05) is 23.2 Å². The average molecular weight is 280 g/mol. The topological polar surface area (TPSA) is 62.5 Å². The van der Waals surface area contributed by atoms with E-state index in [-0.39, 0.29) is 11.6 Å². The first-order valence-electron chi connectivity index (χ1n) is 5.88. The largest absolute Gasteiger partial charge is 0.478 e. The number of benzene rings is 1. The minimum absolute atomic E-state index is 0.0467. The second kappa shape index (κ2) is 5.80. The number of hydrogen-bond acceptors (Lipinski definition) is 3. The Labute approximate surface area is 116 Å². The monoisotopic (exact) mass is 279 g/mol. The van der Waals surface area contributed by atoms with Gasteiger partial charge in [0.15, 0.2) is 0 Å². The molecule has 1 unspecified atom stereocenters. The fraction of sp³-hybridized carbons (Fsp3) is 0.214. The Morgan fingerprint density at radius 3 is 2.89 bits per heavy atom. The summed E-state index contributed by atoms with van der Waals surface area (Å²) in [5.41, 5.74) is 0.717. The van der Waals surface area contributed by atoms with Gasteiger partial charge < -0.3 is 14.8 Å². The summed E-state index contributed by atoms with van der Waals surface area (Å²) < 4.78 is 5.26. The molecule has 0 fully saturated rings. The number of furan rings is 1. The molecule has 0 aliphatic heterocycles. The number of rotatable bonds is 5. The number of hydrogen-bond donors (Lipinski definition) is 2. The molecule has 5 heteroatoms. The van der Waals surface area contributed by atoms with Crippen molar-refractivity contribution in [3.63, 3.8) is 0 Å². The molecule has 0 amide bonds. The van der Waals surface area contributed by atoms with Crippen molar-refractivity contribution >= 4 is 23.3 Å². The normalized spacial score (nSPS) is 12.1. The minimum atomic E-state index is -1.00. The third-order valence-electron chi connectivity index (χ3n) is 2.70. The van der Waals surface area contributed by atoms with E-state index in [1.165, 1.54) is 6.07 Å². The SMILES string of the molecule is CC(Cc1ccco1)Nc1ccc(Cl)cc1C(=O)O. The fourth-order valence-corrected chi connectivity index (χ4v) is 2.04. The van der Waals surface area contributed by atoms with Crippen LogP contribution in [0.2, 0.25) is 5.02 Å². The van der Waals surface area contributed by atoms with E-state index in [4.69, 9.17) is 21.1 Å². The molecule has 0 aliphatic carbocycles. The third-order valence-corrected chi connectivity index (χ3v) is 2.94. The van der Waals surface area contributed by atoms with E-state index in [2.05, 4.69) is 5.32 Å². The van der Waals surface area contributed by atoms with Gasteiger partial charge >= 0.3 is 5.97 Å². The van der Waals surface area contributed by atoms with Gasteiger partial charge in [-0.25, -0.2) is 4.79 Å². The van der Waals surface area contributed by atoms with Gasteiger partial charge in [0.05, 0.1) is 11.8 Å². The molecule has 2 aromatic rings. The number of nitrogens with one attached hydrogen (secondary N) is 1. The summed E-state index contributed by atoms with van der Waals surface area (Å²) in [6, 6.07) is 8.53. The van der Waals surface area contributed by atoms with Gasteiger partial charge in [0.2, 0.25) is 0 Å². The molecule has 1 atom stereocenters. The van der Waals surface area contributed by atoms with Crippen LogP contribution in [-0.4, -0.2) is 17.1 Å². The van der Waals surface area contributed by atoms with Crippen molar-refractivity contribution in [1.82, 2.24) is 0 Å². The van der Waals surface area contributed by atoms with Gasteiger partial charge in [-0.1, -0.05) is 11.6 Å². The maximum Gasteiger partial charge on any atom is 0.337 e. The standard InChI is InChI=1S/C14H14ClNO3/c1-9(7-11-3-2-6-19-11)16-13-5-4-10(15)8-12(13)14(17)18/h2-6,8-9,16H,7H2,1H3,(H,17,18). The number of aromatic carboxylic acids is 1. The second-order valence-corrected chi connectivity index (χ2v) is 4.76. The smallest absolute Gasteiger partial charge is 0.337 e. The minimum Gasteiger partial charge on any atom is -0.478 e. The molecule has 1 aromatic carbocycles. The lowest BCUT2D eigenvalue weighted by Crippen LogP contribution is -2.19. The zero-order valence-electron chi connectivity index (χ0n) is 10.4. The summed E-state index contributed by atoms with van der Waals surface area (Å²) in [7, 11) is 0. The van der Waals surface area contributed by atoms with Crippen LogP contribution in [0.4, 0.5) is 5.69 Å². The quantitative estimate of drug-likeness (QED) is 0.876. The van der Waals surface area contributed by atoms with Crippen LogP contribution >= 0.6 is 11.6 Å². The summed E-state index contributed by atoms with van der Waals surface area (Å²) in [6.07, 6.45) is 2.29. The first kappa shape index (κ1) is 13.5. The lowest BCUT2D eigenvalue weighted by atomic mass is 10.1. The van der Waals surface area contributed by atoms with Gasteiger partial charge in [-0.2, -0.15) is 0 Å². The zero-order chi connectivity index (χ0) is 13.8. The van der Waals surface area contributed by atoms with Crippen molar-refractivity contribution in [3.05, 3.63) is 52.9 Å². The van der Waals surface area contributed by atoms with Crippen molar-refractivity contribution in [3.8, 4) is 0 Å². The van der Waals surface area contributed by atoms with Crippen LogP contribution in [-0.2, 0) is 6.42 Å². The van der Waals surface area contributed by atoms with Gasteiger partial charge in [-0.15, -0.1) is 0 Å². The summed E-state index contributed by atoms with van der Waals surface area (Å²) in [4.78, 5) is 11.2. The number of carboxylic acids is 1. The predicted molar refractivity (Wildman–Crippen MR) is 73.9 cm³/mol. The van der Waals surface area contributed by atoms with Crippen molar-refractivity contribution < 1.29 is 14.3 Å². The van der Waals surface area contributed by atoms with E-state index >= 15 is 0 Å². The molecule has 0 saturated carbocycles. The van der Waals surface area contributed by atoms with Gasteiger partial charge in [0.1, 0.15) is 5.76 Å². The van der Waals surface area contributed by atoms with Crippen LogP contribution in [0.15, 0.2) is 41.0 Å². The molecule has 1 aromatic heterocycles. The molecule has 4 nitrogen and oxygen atoms in total. The molecular weight excluding hydrogens is 266 g/mol. The fourth-order valence-electron chi connectivity index (χ4n) is 1.87. The maximum absolute atomic E-state index is 11.2. The number of anilines is 1. The molecule has 2 rings (SSSR count). The lowest BCUT2D eigenvalue weighted by molar-refractivity contribution is 0.0698. The summed E-state index contributed by atoms with van der Waals surface area (Å²) >= 11 is 5.81. The highest BCUT2D eigenvalue weighted by molar-refractivity contribution is 6.31. The van der Waals surface area contributed by atoms with Crippen molar-refractivity contribution in [1.29, 1.82) is 0 Å².